The first kappa shape index (κ1) is 23.2. The van der Waals surface area contributed by atoms with Crippen LogP contribution in [0.2, 0.25) is 0 Å². The predicted octanol–water partition coefficient (Wildman–Crippen LogP) is 3.41. The highest BCUT2D eigenvalue weighted by Crippen LogP contribution is 2.34. The summed E-state index contributed by atoms with van der Waals surface area (Å²) in [5.41, 5.74) is 1.50. The van der Waals surface area contributed by atoms with E-state index in [0.29, 0.717) is 34.2 Å². The molecule has 0 radical (unpaired) electrons. The molecule has 1 saturated heterocycles. The largest absolute Gasteiger partial charge is 0.497 e. The van der Waals surface area contributed by atoms with E-state index in [0.717, 1.165) is 10.5 Å². The van der Waals surface area contributed by atoms with Crippen LogP contribution in [-0.4, -0.2) is 49.7 Å². The lowest BCUT2D eigenvalue weighted by molar-refractivity contribution is -0.122. The van der Waals surface area contributed by atoms with Crippen LogP contribution in [0.15, 0.2) is 66.7 Å². The third-order valence-corrected chi connectivity index (χ3v) is 6.20. The van der Waals surface area contributed by atoms with Crippen molar-refractivity contribution in [2.24, 2.45) is 0 Å². The summed E-state index contributed by atoms with van der Waals surface area (Å²) in [5, 5.41) is 0. The van der Waals surface area contributed by atoms with Crippen LogP contribution in [0.3, 0.4) is 0 Å². The zero-order valence-electron chi connectivity index (χ0n) is 19.8. The standard InChI is InChI=1S/C27H24N2O7/c1-33-20-9-7-19(8-10-20)29-25(30)14-22(27(29)32)28(26(31)18-4-3-5-21(13-18)34-2)15-17-6-11-23-24(12-17)36-16-35-23/h3-13,22H,14-16H2,1-2H3. The summed E-state index contributed by atoms with van der Waals surface area (Å²) in [6.07, 6.45) is -0.134. The van der Waals surface area contributed by atoms with Crippen LogP contribution in [-0.2, 0) is 16.1 Å². The molecule has 3 amide bonds. The normalized spacial score (nSPS) is 16.3. The minimum absolute atomic E-state index is 0.0901. The van der Waals surface area contributed by atoms with Crippen LogP contribution in [0, 0.1) is 0 Å². The Kier molecular flexibility index (Phi) is 6.20. The maximum absolute atomic E-state index is 13.7. The highest BCUT2D eigenvalue weighted by Gasteiger charge is 2.44. The van der Waals surface area contributed by atoms with Gasteiger partial charge in [-0.05, 0) is 60.2 Å². The van der Waals surface area contributed by atoms with E-state index >= 15 is 0 Å². The molecule has 1 fully saturated rings. The number of imide groups is 1. The minimum Gasteiger partial charge on any atom is -0.497 e. The number of rotatable bonds is 7. The zero-order chi connectivity index (χ0) is 25.2. The van der Waals surface area contributed by atoms with Crippen molar-refractivity contribution in [3.8, 4) is 23.0 Å². The number of anilines is 1. The molecule has 3 aromatic rings. The first-order valence-corrected chi connectivity index (χ1v) is 11.3. The van der Waals surface area contributed by atoms with E-state index in [1.165, 1.54) is 19.1 Å². The van der Waals surface area contributed by atoms with Crippen LogP contribution in [0.5, 0.6) is 23.0 Å². The van der Waals surface area contributed by atoms with Crippen molar-refractivity contribution in [3.05, 3.63) is 77.9 Å². The third-order valence-electron chi connectivity index (χ3n) is 6.20. The number of ether oxygens (including phenoxy) is 4. The van der Waals surface area contributed by atoms with E-state index in [-0.39, 0.29) is 25.7 Å². The lowest BCUT2D eigenvalue weighted by Crippen LogP contribution is -2.45. The molecule has 2 aliphatic heterocycles. The van der Waals surface area contributed by atoms with Gasteiger partial charge in [0.15, 0.2) is 11.5 Å². The summed E-state index contributed by atoms with van der Waals surface area (Å²) in [4.78, 5) is 42.8. The number of hydrogen-bond donors (Lipinski definition) is 0. The summed E-state index contributed by atoms with van der Waals surface area (Å²) in [6.45, 7) is 0.213. The Hall–Kier alpha value is -4.53. The zero-order valence-corrected chi connectivity index (χ0v) is 19.8. The van der Waals surface area contributed by atoms with E-state index < -0.39 is 17.9 Å². The van der Waals surface area contributed by atoms with Crippen molar-refractivity contribution < 1.29 is 33.3 Å². The van der Waals surface area contributed by atoms with Crippen molar-refractivity contribution in [1.29, 1.82) is 0 Å². The van der Waals surface area contributed by atoms with Crippen molar-refractivity contribution in [2.75, 3.05) is 25.9 Å². The second kappa shape index (κ2) is 9.61. The Balaban J connectivity index is 1.49. The first-order chi connectivity index (χ1) is 17.5. The molecule has 0 aromatic heterocycles. The van der Waals surface area contributed by atoms with Gasteiger partial charge in [0.2, 0.25) is 12.7 Å². The summed E-state index contributed by atoms with van der Waals surface area (Å²) >= 11 is 0. The van der Waals surface area contributed by atoms with Gasteiger partial charge < -0.3 is 23.8 Å². The number of amides is 3. The fourth-order valence-corrected chi connectivity index (χ4v) is 4.34. The maximum Gasteiger partial charge on any atom is 0.257 e. The molecule has 0 aliphatic carbocycles. The molecule has 9 heteroatoms. The Bertz CT molecular complexity index is 1320. The number of hydrogen-bond acceptors (Lipinski definition) is 7. The van der Waals surface area contributed by atoms with Gasteiger partial charge in [-0.1, -0.05) is 12.1 Å². The Morgan fingerprint density at radius 1 is 0.944 bits per heavy atom. The number of nitrogens with zero attached hydrogens (tertiary/aromatic N) is 2. The summed E-state index contributed by atoms with van der Waals surface area (Å²) in [5.74, 6) is 1.04. The summed E-state index contributed by atoms with van der Waals surface area (Å²) < 4.78 is 21.3. The number of benzene rings is 3. The number of carbonyl (C=O) groups is 3. The lowest BCUT2D eigenvalue weighted by Gasteiger charge is -2.28. The minimum atomic E-state index is -0.983. The molecule has 184 valence electrons. The molecule has 0 saturated carbocycles. The molecular formula is C27H24N2O7. The predicted molar refractivity (Wildman–Crippen MR) is 129 cm³/mol. The quantitative estimate of drug-likeness (QED) is 0.471. The van der Waals surface area contributed by atoms with Crippen molar-refractivity contribution >= 4 is 23.4 Å². The van der Waals surface area contributed by atoms with Gasteiger partial charge in [0.1, 0.15) is 17.5 Å². The number of fused-ring (bicyclic) bond motifs is 1. The number of methoxy groups -OCH3 is 2. The molecule has 0 bridgehead atoms. The van der Waals surface area contributed by atoms with Crippen molar-refractivity contribution in [1.82, 2.24) is 4.90 Å². The Labute approximate surface area is 207 Å². The smallest absolute Gasteiger partial charge is 0.257 e. The average molecular weight is 488 g/mol. The van der Waals surface area contributed by atoms with Gasteiger partial charge in [0, 0.05) is 12.1 Å². The van der Waals surface area contributed by atoms with Crippen LogP contribution in [0.4, 0.5) is 5.69 Å². The van der Waals surface area contributed by atoms with Crippen molar-refractivity contribution in [3.63, 3.8) is 0 Å². The fourth-order valence-electron chi connectivity index (χ4n) is 4.34. The molecule has 5 rings (SSSR count). The van der Waals surface area contributed by atoms with Gasteiger partial charge in [0.05, 0.1) is 26.3 Å². The van der Waals surface area contributed by atoms with Gasteiger partial charge in [-0.25, -0.2) is 4.90 Å². The lowest BCUT2D eigenvalue weighted by atomic mass is 10.1. The van der Waals surface area contributed by atoms with Gasteiger partial charge in [-0.2, -0.15) is 0 Å². The van der Waals surface area contributed by atoms with E-state index in [1.54, 1.807) is 60.7 Å². The summed E-state index contributed by atoms with van der Waals surface area (Å²) in [7, 11) is 3.05. The Morgan fingerprint density at radius 2 is 1.69 bits per heavy atom. The SMILES string of the molecule is COc1ccc(N2C(=O)CC(N(Cc3ccc4c(c3)OCO4)C(=O)c3cccc(OC)c3)C2=O)cc1. The second-order valence-corrected chi connectivity index (χ2v) is 8.34. The van der Waals surface area contributed by atoms with Gasteiger partial charge in [-0.3, -0.25) is 14.4 Å². The molecule has 0 spiro atoms. The van der Waals surface area contributed by atoms with Gasteiger partial charge >= 0.3 is 0 Å². The summed E-state index contributed by atoms with van der Waals surface area (Å²) in [6, 6.07) is 17.7. The molecule has 3 aromatic carbocycles. The van der Waals surface area contributed by atoms with Crippen LogP contribution in [0.1, 0.15) is 22.3 Å². The molecule has 0 N–H and O–H groups in total. The molecule has 1 unspecified atom stereocenters. The van der Waals surface area contributed by atoms with Crippen molar-refractivity contribution in [2.45, 2.75) is 19.0 Å². The average Bonchev–Trinajstić information content (AvgIpc) is 3.50. The van der Waals surface area contributed by atoms with E-state index in [9.17, 15) is 14.4 Å². The second-order valence-electron chi connectivity index (χ2n) is 8.34. The van der Waals surface area contributed by atoms with Crippen LogP contribution in [0.25, 0.3) is 0 Å². The Morgan fingerprint density at radius 3 is 2.44 bits per heavy atom. The molecule has 2 heterocycles. The monoisotopic (exact) mass is 488 g/mol. The topological polar surface area (TPSA) is 94.6 Å². The molecule has 9 nitrogen and oxygen atoms in total. The van der Waals surface area contributed by atoms with E-state index in [4.69, 9.17) is 18.9 Å². The van der Waals surface area contributed by atoms with E-state index in [1.807, 2.05) is 6.07 Å². The third kappa shape index (κ3) is 4.31. The molecule has 36 heavy (non-hydrogen) atoms. The molecule has 2 aliphatic rings. The number of carbonyl (C=O) groups excluding carboxylic acids is 3. The highest BCUT2D eigenvalue weighted by atomic mass is 16.7. The maximum atomic E-state index is 13.7. The molecular weight excluding hydrogens is 464 g/mol. The molecule has 1 atom stereocenters. The van der Waals surface area contributed by atoms with Gasteiger partial charge in [0.25, 0.3) is 11.8 Å². The fraction of sp³-hybridized carbons (Fsp3) is 0.222. The van der Waals surface area contributed by atoms with Gasteiger partial charge in [-0.15, -0.1) is 0 Å². The van der Waals surface area contributed by atoms with Crippen LogP contribution < -0.4 is 23.8 Å². The van der Waals surface area contributed by atoms with Crippen LogP contribution >= 0.6 is 0 Å². The van der Waals surface area contributed by atoms with E-state index in [2.05, 4.69) is 0 Å². The first-order valence-electron chi connectivity index (χ1n) is 11.3. The highest BCUT2D eigenvalue weighted by molar-refractivity contribution is 6.23.